The molecule has 2 aromatic heterocycles. The fourth-order valence-corrected chi connectivity index (χ4v) is 2.98. The maximum Gasteiger partial charge on any atom is 0.387 e. The van der Waals surface area contributed by atoms with Gasteiger partial charge < -0.3 is 14.5 Å². The summed E-state index contributed by atoms with van der Waals surface area (Å²) in [4.78, 5) is 19.1. The molecule has 1 saturated carbocycles. The predicted octanol–water partition coefficient (Wildman–Crippen LogP) is 4.12. The summed E-state index contributed by atoms with van der Waals surface area (Å²) < 4.78 is 36.0. The number of aromatic amines is 1. The number of halogens is 3. The van der Waals surface area contributed by atoms with Crippen molar-refractivity contribution in [2.75, 3.05) is 6.61 Å². The third-order valence-corrected chi connectivity index (χ3v) is 4.44. The average Bonchev–Trinajstić information content (AvgIpc) is 3.38. The lowest BCUT2D eigenvalue weighted by Crippen LogP contribution is -2.11. The molecule has 0 amide bonds. The second-order valence-corrected chi connectivity index (χ2v) is 6.35. The van der Waals surface area contributed by atoms with E-state index in [-0.39, 0.29) is 16.5 Å². The molecule has 1 aromatic carbocycles. The lowest BCUT2D eigenvalue weighted by atomic mass is 10.1. The van der Waals surface area contributed by atoms with Crippen LogP contribution in [0.5, 0.6) is 11.5 Å². The molecule has 0 saturated heterocycles. The van der Waals surface area contributed by atoms with E-state index in [1.54, 1.807) is 0 Å². The van der Waals surface area contributed by atoms with Gasteiger partial charge in [0.15, 0.2) is 11.5 Å². The van der Waals surface area contributed by atoms with Crippen LogP contribution in [0.25, 0.3) is 21.7 Å². The lowest BCUT2D eigenvalue weighted by Gasteiger charge is -2.16. The normalized spacial score (nSPS) is 14.4. The summed E-state index contributed by atoms with van der Waals surface area (Å²) in [5.41, 5.74) is -0.0184. The van der Waals surface area contributed by atoms with E-state index in [0.717, 1.165) is 12.8 Å². The first-order valence-electron chi connectivity index (χ1n) is 7.74. The molecule has 0 bridgehead atoms. The Labute approximate surface area is 145 Å². The summed E-state index contributed by atoms with van der Waals surface area (Å²) in [6, 6.07) is 2.74. The highest BCUT2D eigenvalue weighted by atomic mass is 35.5. The van der Waals surface area contributed by atoms with Gasteiger partial charge in [0.25, 0.3) is 5.56 Å². The van der Waals surface area contributed by atoms with E-state index in [1.165, 1.54) is 24.5 Å². The van der Waals surface area contributed by atoms with Gasteiger partial charge in [-0.05, 0) is 30.9 Å². The van der Waals surface area contributed by atoms with Gasteiger partial charge >= 0.3 is 6.61 Å². The Morgan fingerprint density at radius 2 is 2.08 bits per heavy atom. The molecule has 0 unspecified atom stereocenters. The molecule has 3 aromatic rings. The second kappa shape index (κ2) is 6.15. The highest BCUT2D eigenvalue weighted by molar-refractivity contribution is 6.35. The number of hydrogen-bond donors (Lipinski definition) is 1. The Kier molecular flexibility index (Phi) is 3.95. The van der Waals surface area contributed by atoms with Crippen LogP contribution in [0.4, 0.5) is 8.78 Å². The molecule has 0 spiro atoms. The Morgan fingerprint density at radius 3 is 2.80 bits per heavy atom. The van der Waals surface area contributed by atoms with Crippen LogP contribution in [0.3, 0.4) is 0 Å². The molecule has 1 fully saturated rings. The van der Waals surface area contributed by atoms with Gasteiger partial charge in [0, 0.05) is 23.2 Å². The van der Waals surface area contributed by atoms with Gasteiger partial charge in [-0.3, -0.25) is 9.78 Å². The van der Waals surface area contributed by atoms with Gasteiger partial charge in [-0.1, -0.05) is 11.6 Å². The minimum absolute atomic E-state index is 0.116. The molecule has 0 aliphatic heterocycles. The molecule has 1 N–H and O–H groups in total. The lowest BCUT2D eigenvalue weighted by molar-refractivity contribution is -0.0513. The third kappa shape index (κ3) is 3.00. The van der Waals surface area contributed by atoms with Gasteiger partial charge in [0.1, 0.15) is 0 Å². The van der Waals surface area contributed by atoms with Crippen molar-refractivity contribution in [2.45, 2.75) is 19.5 Å². The number of aromatic nitrogens is 2. The smallest absolute Gasteiger partial charge is 0.387 e. The minimum atomic E-state index is -3.00. The number of benzene rings is 1. The van der Waals surface area contributed by atoms with Crippen molar-refractivity contribution in [3.63, 3.8) is 0 Å². The first kappa shape index (κ1) is 16.1. The number of pyridine rings is 2. The largest absolute Gasteiger partial charge is 0.489 e. The molecule has 130 valence electrons. The fourth-order valence-electron chi connectivity index (χ4n) is 2.77. The quantitative estimate of drug-likeness (QED) is 0.690. The van der Waals surface area contributed by atoms with E-state index < -0.39 is 12.2 Å². The zero-order valence-electron chi connectivity index (χ0n) is 12.9. The maximum atomic E-state index is 12.8. The van der Waals surface area contributed by atoms with Crippen molar-refractivity contribution < 1.29 is 18.3 Å². The summed E-state index contributed by atoms with van der Waals surface area (Å²) in [5, 5.41) is 1.42. The average molecular weight is 367 g/mol. The molecule has 2 heterocycles. The molecular weight excluding hydrogens is 354 g/mol. The first-order chi connectivity index (χ1) is 12.0. The molecule has 5 nitrogen and oxygen atoms in total. The van der Waals surface area contributed by atoms with E-state index in [1.807, 2.05) is 0 Å². The monoisotopic (exact) mass is 366 g/mol. The number of H-pyrrole nitrogens is 1. The molecular formula is C17H13ClF2N2O3. The summed E-state index contributed by atoms with van der Waals surface area (Å²) in [6.45, 7) is -2.63. The van der Waals surface area contributed by atoms with Crippen LogP contribution in [0.1, 0.15) is 12.8 Å². The van der Waals surface area contributed by atoms with E-state index >= 15 is 0 Å². The van der Waals surface area contributed by atoms with E-state index in [4.69, 9.17) is 16.3 Å². The molecule has 1 aliphatic carbocycles. The van der Waals surface area contributed by atoms with Gasteiger partial charge in [0.2, 0.25) is 0 Å². The van der Waals surface area contributed by atoms with Crippen molar-refractivity contribution in [2.24, 2.45) is 5.92 Å². The third-order valence-electron chi connectivity index (χ3n) is 4.15. The Balaban J connectivity index is 2.03. The topological polar surface area (TPSA) is 64.2 Å². The predicted molar refractivity (Wildman–Crippen MR) is 89.7 cm³/mol. The van der Waals surface area contributed by atoms with Gasteiger partial charge in [-0.15, -0.1) is 0 Å². The van der Waals surface area contributed by atoms with Crippen LogP contribution in [0.2, 0.25) is 5.02 Å². The number of rotatable bonds is 5. The van der Waals surface area contributed by atoms with E-state index in [9.17, 15) is 13.6 Å². The van der Waals surface area contributed by atoms with Crippen molar-refractivity contribution in [1.82, 2.24) is 9.97 Å². The van der Waals surface area contributed by atoms with Crippen LogP contribution < -0.4 is 15.0 Å². The fraction of sp³-hybridized carbons (Fsp3) is 0.294. The molecule has 1 aliphatic rings. The van der Waals surface area contributed by atoms with Crippen LogP contribution >= 0.6 is 11.6 Å². The van der Waals surface area contributed by atoms with Crippen LogP contribution in [-0.2, 0) is 0 Å². The second-order valence-electron chi connectivity index (χ2n) is 5.95. The summed E-state index contributed by atoms with van der Waals surface area (Å²) >= 11 is 6.12. The highest BCUT2D eigenvalue weighted by Crippen LogP contribution is 2.41. The summed E-state index contributed by atoms with van der Waals surface area (Å²) in [5.74, 6) is 0.393. The number of hydrogen-bond acceptors (Lipinski definition) is 4. The maximum absolute atomic E-state index is 12.8. The molecule has 25 heavy (non-hydrogen) atoms. The zero-order valence-corrected chi connectivity index (χ0v) is 13.6. The van der Waals surface area contributed by atoms with Crippen molar-refractivity contribution >= 4 is 33.3 Å². The zero-order chi connectivity index (χ0) is 17.6. The molecule has 8 heteroatoms. The van der Waals surface area contributed by atoms with Crippen molar-refractivity contribution in [3.8, 4) is 11.5 Å². The van der Waals surface area contributed by atoms with Crippen LogP contribution in [0, 0.1) is 5.92 Å². The number of fused-ring (bicyclic) bond motifs is 3. The van der Waals surface area contributed by atoms with Crippen molar-refractivity contribution in [1.29, 1.82) is 0 Å². The number of nitrogens with zero attached hydrogens (tertiary/aromatic N) is 1. The van der Waals surface area contributed by atoms with Crippen LogP contribution in [-0.4, -0.2) is 23.2 Å². The Bertz CT molecular complexity index is 1020. The number of nitrogens with one attached hydrogen (secondary N) is 1. The van der Waals surface area contributed by atoms with Gasteiger partial charge in [-0.2, -0.15) is 8.78 Å². The highest BCUT2D eigenvalue weighted by Gasteiger charge is 2.25. The summed E-state index contributed by atoms with van der Waals surface area (Å²) in [7, 11) is 0. The van der Waals surface area contributed by atoms with Crippen molar-refractivity contribution in [3.05, 3.63) is 39.9 Å². The molecule has 0 atom stereocenters. The molecule has 4 rings (SSSR count). The SMILES string of the molecule is O=c1[nH]c2c(Cl)cncc2c2c(OCC3CC3)c(OC(F)F)ccc12. The minimum Gasteiger partial charge on any atom is -0.489 e. The van der Waals surface area contributed by atoms with Gasteiger partial charge in [0.05, 0.1) is 22.5 Å². The standard InChI is InChI=1S/C17H13ClF2N2O3/c18-11-6-21-5-10-13-9(16(23)22-14(10)11)3-4-12(25-17(19)20)15(13)24-7-8-1-2-8/h3-6,8,17H,1-2,7H2,(H,22,23). The first-order valence-corrected chi connectivity index (χ1v) is 8.12. The van der Waals surface area contributed by atoms with E-state index in [0.29, 0.717) is 34.2 Å². The van der Waals surface area contributed by atoms with Crippen LogP contribution in [0.15, 0.2) is 29.3 Å². The van der Waals surface area contributed by atoms with E-state index in [2.05, 4.69) is 14.7 Å². The Hall–Kier alpha value is -2.41. The van der Waals surface area contributed by atoms with Gasteiger partial charge in [-0.25, -0.2) is 0 Å². The number of ether oxygens (including phenoxy) is 2. The molecule has 0 radical (unpaired) electrons. The Morgan fingerprint density at radius 1 is 1.28 bits per heavy atom. The number of alkyl halides is 2. The summed E-state index contributed by atoms with van der Waals surface area (Å²) in [6.07, 6.45) is 4.97.